The third-order valence-corrected chi connectivity index (χ3v) is 3.70. The maximum Gasteiger partial charge on any atom is 0.316 e. The molecule has 0 aromatic rings. The zero-order valence-electron chi connectivity index (χ0n) is 10.5. The van der Waals surface area contributed by atoms with Crippen molar-refractivity contribution < 1.29 is 14.7 Å². The number of hydrogen-bond donors (Lipinski definition) is 2. The van der Waals surface area contributed by atoms with Gasteiger partial charge in [-0.3, -0.25) is 9.59 Å². The van der Waals surface area contributed by atoms with E-state index in [9.17, 15) is 9.59 Å². The van der Waals surface area contributed by atoms with Gasteiger partial charge in [0, 0.05) is 5.54 Å². The molecule has 0 aliphatic heterocycles. The Kier molecular flexibility index (Phi) is 5.86. The predicted octanol–water partition coefficient (Wildman–Crippen LogP) is 1.89. The normalized spacial score (nSPS) is 15.3. The first kappa shape index (κ1) is 15.3. The second kappa shape index (κ2) is 6.13. The van der Waals surface area contributed by atoms with Crippen LogP contribution < -0.4 is 5.32 Å². The molecule has 94 valence electrons. The van der Waals surface area contributed by atoms with Crippen molar-refractivity contribution in [3.05, 3.63) is 0 Å². The van der Waals surface area contributed by atoms with Crippen LogP contribution in [0.4, 0.5) is 0 Å². The van der Waals surface area contributed by atoms with Crippen LogP contribution in [0.2, 0.25) is 0 Å². The Morgan fingerprint density at radius 3 is 2.19 bits per heavy atom. The van der Waals surface area contributed by atoms with Gasteiger partial charge in [0.15, 0.2) is 0 Å². The van der Waals surface area contributed by atoms with Crippen molar-refractivity contribution in [3.8, 4) is 0 Å². The number of carbonyl (C=O) groups excluding carboxylic acids is 1. The summed E-state index contributed by atoms with van der Waals surface area (Å²) in [5, 5.41) is 10.7. The topological polar surface area (TPSA) is 66.4 Å². The monoisotopic (exact) mass is 247 g/mol. The number of nitrogens with one attached hydrogen (secondary N) is 1. The molecule has 2 atom stereocenters. The lowest BCUT2D eigenvalue weighted by Crippen LogP contribution is -2.46. The quantitative estimate of drug-likeness (QED) is 0.752. The molecular formula is C11H21NO3S. The Morgan fingerprint density at radius 2 is 1.81 bits per heavy atom. The van der Waals surface area contributed by atoms with Crippen molar-refractivity contribution in [2.75, 3.05) is 0 Å². The molecule has 0 bridgehead atoms. The van der Waals surface area contributed by atoms with Gasteiger partial charge in [-0.15, -0.1) is 11.8 Å². The lowest BCUT2D eigenvalue weighted by atomic mass is 10.0. The van der Waals surface area contributed by atoms with Gasteiger partial charge >= 0.3 is 5.97 Å². The van der Waals surface area contributed by atoms with Crippen molar-refractivity contribution in [3.63, 3.8) is 0 Å². The van der Waals surface area contributed by atoms with E-state index in [1.807, 2.05) is 20.8 Å². The van der Waals surface area contributed by atoms with E-state index in [1.165, 1.54) is 0 Å². The van der Waals surface area contributed by atoms with E-state index in [-0.39, 0.29) is 16.7 Å². The second-order valence-corrected chi connectivity index (χ2v) is 6.17. The van der Waals surface area contributed by atoms with Crippen LogP contribution in [0.25, 0.3) is 0 Å². The summed E-state index contributed by atoms with van der Waals surface area (Å²) in [6.07, 6.45) is 0.838. The summed E-state index contributed by atoms with van der Waals surface area (Å²) in [6, 6.07) is 0. The molecule has 0 fully saturated rings. The van der Waals surface area contributed by atoms with Crippen LogP contribution in [0.15, 0.2) is 0 Å². The van der Waals surface area contributed by atoms with Gasteiger partial charge in [0.05, 0.1) is 5.25 Å². The number of carbonyl (C=O) groups is 2. The van der Waals surface area contributed by atoms with E-state index in [2.05, 4.69) is 5.32 Å². The van der Waals surface area contributed by atoms with Gasteiger partial charge in [-0.05, 0) is 34.1 Å². The minimum Gasteiger partial charge on any atom is -0.480 e. The molecule has 2 unspecified atom stereocenters. The van der Waals surface area contributed by atoms with E-state index < -0.39 is 11.2 Å². The molecule has 0 rings (SSSR count). The Bertz CT molecular complexity index is 266. The molecule has 0 heterocycles. The standard InChI is InChI=1S/C11H21NO3S/c1-6-11(4,5)12-9(13)7(2)16-8(3)10(14)15/h7-8H,6H2,1-5H3,(H,12,13)(H,14,15). The van der Waals surface area contributed by atoms with Gasteiger partial charge in [-0.2, -0.15) is 0 Å². The first-order valence-corrected chi connectivity index (χ1v) is 6.34. The molecular weight excluding hydrogens is 226 g/mol. The van der Waals surface area contributed by atoms with E-state index in [4.69, 9.17) is 5.11 Å². The molecule has 16 heavy (non-hydrogen) atoms. The first-order valence-electron chi connectivity index (χ1n) is 5.40. The van der Waals surface area contributed by atoms with Crippen LogP contribution >= 0.6 is 11.8 Å². The molecule has 5 heteroatoms. The van der Waals surface area contributed by atoms with Crippen LogP contribution in [0.3, 0.4) is 0 Å². The molecule has 4 nitrogen and oxygen atoms in total. The Morgan fingerprint density at radius 1 is 1.31 bits per heavy atom. The Hall–Kier alpha value is -0.710. The number of aliphatic carboxylic acids is 1. The highest BCUT2D eigenvalue weighted by Gasteiger charge is 2.25. The minimum absolute atomic E-state index is 0.107. The summed E-state index contributed by atoms with van der Waals surface area (Å²) < 4.78 is 0. The third kappa shape index (κ3) is 5.39. The molecule has 2 N–H and O–H groups in total. The van der Waals surface area contributed by atoms with Crippen LogP contribution in [-0.2, 0) is 9.59 Å². The van der Waals surface area contributed by atoms with Gasteiger partial charge in [-0.1, -0.05) is 6.92 Å². The number of amides is 1. The average molecular weight is 247 g/mol. The zero-order valence-corrected chi connectivity index (χ0v) is 11.4. The maximum absolute atomic E-state index is 11.8. The van der Waals surface area contributed by atoms with E-state index in [1.54, 1.807) is 13.8 Å². The predicted molar refractivity (Wildman–Crippen MR) is 66.7 cm³/mol. The van der Waals surface area contributed by atoms with Crippen LogP contribution in [0, 0.1) is 0 Å². The molecule has 0 aromatic carbocycles. The summed E-state index contributed by atoms with van der Waals surface area (Å²) in [4.78, 5) is 22.4. The third-order valence-electron chi connectivity index (χ3n) is 2.47. The first-order chi connectivity index (χ1) is 7.19. The fourth-order valence-electron chi connectivity index (χ4n) is 0.950. The van der Waals surface area contributed by atoms with Crippen molar-refractivity contribution in [2.45, 2.75) is 57.1 Å². The molecule has 0 aliphatic carbocycles. The number of hydrogen-bond acceptors (Lipinski definition) is 3. The number of rotatable bonds is 6. The highest BCUT2D eigenvalue weighted by molar-refractivity contribution is 8.01. The molecule has 0 aromatic heterocycles. The van der Waals surface area contributed by atoms with Gasteiger partial charge in [-0.25, -0.2) is 0 Å². The number of thioether (sulfide) groups is 1. The van der Waals surface area contributed by atoms with Gasteiger partial charge in [0.2, 0.25) is 5.91 Å². The van der Waals surface area contributed by atoms with Crippen LogP contribution in [-0.4, -0.2) is 33.0 Å². The number of carboxylic acids is 1. The van der Waals surface area contributed by atoms with Crippen LogP contribution in [0.5, 0.6) is 0 Å². The minimum atomic E-state index is -0.889. The van der Waals surface area contributed by atoms with Crippen molar-refractivity contribution in [1.29, 1.82) is 0 Å². The van der Waals surface area contributed by atoms with E-state index in [0.717, 1.165) is 18.2 Å². The average Bonchev–Trinajstić information content (AvgIpc) is 2.16. The zero-order chi connectivity index (χ0) is 12.9. The van der Waals surface area contributed by atoms with E-state index in [0.29, 0.717) is 0 Å². The van der Waals surface area contributed by atoms with Gasteiger partial charge < -0.3 is 10.4 Å². The Labute approximate surface area is 101 Å². The smallest absolute Gasteiger partial charge is 0.316 e. The highest BCUT2D eigenvalue weighted by atomic mass is 32.2. The van der Waals surface area contributed by atoms with Gasteiger partial charge in [0.1, 0.15) is 5.25 Å². The Balaban J connectivity index is 4.25. The lowest BCUT2D eigenvalue weighted by molar-refractivity contribution is -0.136. The fourth-order valence-corrected chi connectivity index (χ4v) is 1.86. The lowest BCUT2D eigenvalue weighted by Gasteiger charge is -2.26. The summed E-state index contributed by atoms with van der Waals surface area (Å²) in [6.45, 7) is 9.21. The summed E-state index contributed by atoms with van der Waals surface area (Å²) >= 11 is 1.16. The highest BCUT2D eigenvalue weighted by Crippen LogP contribution is 2.19. The summed E-state index contributed by atoms with van der Waals surface area (Å²) in [5.41, 5.74) is -0.238. The largest absolute Gasteiger partial charge is 0.480 e. The fraction of sp³-hybridized carbons (Fsp3) is 0.818. The molecule has 1 amide bonds. The molecule has 0 saturated heterocycles. The molecule has 0 saturated carbocycles. The van der Waals surface area contributed by atoms with Crippen molar-refractivity contribution in [2.24, 2.45) is 0 Å². The molecule has 0 aliphatic rings. The molecule has 0 radical (unpaired) electrons. The molecule has 0 spiro atoms. The SMILES string of the molecule is CCC(C)(C)NC(=O)C(C)SC(C)C(=O)O. The van der Waals surface area contributed by atoms with E-state index >= 15 is 0 Å². The van der Waals surface area contributed by atoms with Crippen molar-refractivity contribution >= 4 is 23.6 Å². The van der Waals surface area contributed by atoms with Crippen molar-refractivity contribution in [1.82, 2.24) is 5.32 Å². The van der Waals surface area contributed by atoms with Crippen LogP contribution in [0.1, 0.15) is 41.0 Å². The second-order valence-electron chi connectivity index (χ2n) is 4.49. The maximum atomic E-state index is 11.8. The summed E-state index contributed by atoms with van der Waals surface area (Å²) in [7, 11) is 0. The van der Waals surface area contributed by atoms with Gasteiger partial charge in [0.25, 0.3) is 0 Å². The number of carboxylic acid groups (broad SMARTS) is 1. The summed E-state index contributed by atoms with van der Waals surface area (Å²) in [5.74, 6) is -0.996.